The zero-order valence-electron chi connectivity index (χ0n) is 41.2. The van der Waals surface area contributed by atoms with Crippen molar-refractivity contribution in [2.24, 2.45) is 15.3 Å². The van der Waals surface area contributed by atoms with Gasteiger partial charge in [0.25, 0.3) is 0 Å². The minimum Gasteiger partial charge on any atom is -0.545 e. The van der Waals surface area contributed by atoms with E-state index in [0.717, 1.165) is 50.4 Å². The molecule has 6 aromatic rings. The molecule has 378 valence electrons. The molecule has 3 unspecified atom stereocenters. The average Bonchev–Trinajstić information content (AvgIpc) is 3.99. The van der Waals surface area contributed by atoms with E-state index in [1.165, 1.54) is 72.8 Å². The number of rotatable bonds is 9. The zero-order valence-corrected chi connectivity index (χ0v) is 43.6. The van der Waals surface area contributed by atoms with Crippen molar-refractivity contribution < 1.29 is 63.0 Å². The molecule has 3 N–H and O–H groups in total. The van der Waals surface area contributed by atoms with Gasteiger partial charge in [-0.2, -0.15) is 15.3 Å². The maximum atomic E-state index is 13.3. The number of benzene rings is 6. The van der Waals surface area contributed by atoms with E-state index < -0.39 is 52.3 Å². The molecule has 9 rings (SSSR count). The molecule has 6 aromatic carbocycles. The van der Waals surface area contributed by atoms with E-state index in [1.54, 1.807) is 35.5 Å². The molecule has 0 aliphatic carbocycles. The fraction of sp³-hybridized carbons (Fsp3) is 0.222. The summed E-state index contributed by atoms with van der Waals surface area (Å²) < 4.78 is 39.9. The number of hydrogen-bond donors (Lipinski definition) is 3. The van der Waals surface area contributed by atoms with Crippen molar-refractivity contribution in [3.8, 4) is 0 Å². The molecule has 19 heteroatoms. The van der Waals surface area contributed by atoms with Crippen LogP contribution in [0.25, 0.3) is 0 Å². The third-order valence-corrected chi connectivity index (χ3v) is 12.8. The molecule has 0 amide bonds. The van der Waals surface area contributed by atoms with Gasteiger partial charge in [0.1, 0.15) is 35.0 Å². The first-order valence-corrected chi connectivity index (χ1v) is 22.6. The van der Waals surface area contributed by atoms with Crippen LogP contribution in [0.5, 0.6) is 0 Å². The van der Waals surface area contributed by atoms with Gasteiger partial charge in [0.05, 0.1) is 35.0 Å². The molecule has 0 saturated heterocycles. The van der Waals surface area contributed by atoms with Gasteiger partial charge < -0.3 is 29.7 Å². The normalized spacial score (nSPS) is 19.6. The van der Waals surface area contributed by atoms with Crippen LogP contribution >= 0.6 is 0 Å². The van der Waals surface area contributed by atoms with Gasteiger partial charge in [-0.3, -0.25) is 31.0 Å². The van der Waals surface area contributed by atoms with Crippen LogP contribution in [0.4, 0.5) is 30.2 Å². The van der Waals surface area contributed by atoms with Gasteiger partial charge in [-0.1, -0.05) is 91.0 Å². The van der Waals surface area contributed by atoms with Crippen LogP contribution < -0.4 is 46.3 Å². The Morgan fingerprint density at radius 2 is 0.575 bits per heavy atom. The van der Waals surface area contributed by atoms with Crippen molar-refractivity contribution in [1.82, 2.24) is 16.3 Å². The molecule has 0 saturated carbocycles. The van der Waals surface area contributed by atoms with Crippen molar-refractivity contribution >= 4 is 52.5 Å². The Bertz CT molecular complexity index is 2780. The summed E-state index contributed by atoms with van der Waals surface area (Å²) in [4.78, 5) is 41.3. The zero-order chi connectivity index (χ0) is 52.4. The second-order valence-electron chi connectivity index (χ2n) is 17.6. The number of carbonyl (C=O) groups is 3. The number of carbonyl (C=O) groups excluding carboxylic acids is 3. The maximum absolute atomic E-state index is 13.3. The number of carboxylic acid groups (broad SMARTS) is 3. The molecule has 0 aromatic heterocycles. The Kier molecular flexibility index (Phi) is 15.9. The largest absolute Gasteiger partial charge is 3.00 e. The summed E-state index contributed by atoms with van der Waals surface area (Å²) in [5, 5.41) is 48.9. The molecule has 0 fully saturated rings. The summed E-state index contributed by atoms with van der Waals surface area (Å²) in [5.41, 5.74) is 11.5. The van der Waals surface area contributed by atoms with Crippen molar-refractivity contribution in [3.63, 3.8) is 0 Å². The molecule has 3 atom stereocenters. The Balaban J connectivity index is 0.000000177. The molecule has 73 heavy (non-hydrogen) atoms. The van der Waals surface area contributed by atoms with Crippen molar-refractivity contribution in [3.05, 3.63) is 195 Å². The quantitative estimate of drug-likeness (QED) is 0.168. The Morgan fingerprint density at radius 3 is 0.753 bits per heavy atom. The van der Waals surface area contributed by atoms with Crippen LogP contribution in [0.15, 0.2) is 143 Å². The number of aryl methyl sites for hydroxylation is 6. The standard InChI is InChI=1S/3C18H18FN3O2.Ir/c3*1-11-5-4-6-12(2)16(11)22-13(3)20-21-18(22,17(23)24)14-7-9-15(19)10-8-14;/h3*4-10,21H,1-3H3,(H,23,24);/q;;;+3/p-3. The second kappa shape index (κ2) is 21.4. The summed E-state index contributed by atoms with van der Waals surface area (Å²) in [7, 11) is 0. The number of hydrazone groups is 3. The number of aliphatic carboxylic acids is 3. The third kappa shape index (κ3) is 9.60. The first-order valence-electron chi connectivity index (χ1n) is 22.6. The first kappa shape index (κ1) is 54.3. The molecule has 0 radical (unpaired) electrons. The topological polar surface area (TPSA) is 203 Å². The fourth-order valence-corrected chi connectivity index (χ4v) is 9.40. The molecule has 0 bridgehead atoms. The van der Waals surface area contributed by atoms with E-state index in [0.29, 0.717) is 34.2 Å². The number of amidine groups is 3. The molecule has 0 spiro atoms. The Morgan fingerprint density at radius 1 is 0.384 bits per heavy atom. The minimum absolute atomic E-state index is 0. The molecule has 3 aliphatic rings. The fourth-order valence-electron chi connectivity index (χ4n) is 9.40. The summed E-state index contributed by atoms with van der Waals surface area (Å²) in [5.74, 6) is -3.96. The van der Waals surface area contributed by atoms with Crippen LogP contribution in [0, 0.1) is 59.0 Å². The summed E-state index contributed by atoms with van der Waals surface area (Å²) in [6, 6.07) is 33.0. The number of carboxylic acids is 3. The van der Waals surface area contributed by atoms with Crippen molar-refractivity contribution in [1.29, 1.82) is 0 Å². The molecular weight excluding hydrogens is 1120 g/mol. The van der Waals surface area contributed by atoms with E-state index in [9.17, 15) is 42.9 Å². The third-order valence-electron chi connectivity index (χ3n) is 12.8. The second-order valence-corrected chi connectivity index (χ2v) is 17.6. The number of hydrogen-bond acceptors (Lipinski definition) is 15. The van der Waals surface area contributed by atoms with E-state index in [4.69, 9.17) is 0 Å². The van der Waals surface area contributed by atoms with E-state index in [-0.39, 0.29) is 20.1 Å². The summed E-state index contributed by atoms with van der Waals surface area (Å²) >= 11 is 0. The van der Waals surface area contributed by atoms with Gasteiger partial charge >= 0.3 is 20.1 Å². The molecule has 3 heterocycles. The van der Waals surface area contributed by atoms with Gasteiger partial charge in [0.2, 0.25) is 0 Å². The summed E-state index contributed by atoms with van der Waals surface area (Å²) in [6.45, 7) is 16.6. The minimum atomic E-state index is -1.73. The van der Waals surface area contributed by atoms with Gasteiger partial charge in [-0.15, -0.1) is 0 Å². The molecular formula is C54H51F3IrN9O6. The molecule has 15 nitrogen and oxygen atoms in total. The number of nitrogens with one attached hydrogen (secondary N) is 3. The number of anilines is 3. The average molecular weight is 1170 g/mol. The number of nitrogens with zero attached hydrogens (tertiary/aromatic N) is 6. The van der Waals surface area contributed by atoms with E-state index in [2.05, 4.69) is 31.6 Å². The number of para-hydroxylation sites is 3. The van der Waals surface area contributed by atoms with Crippen LogP contribution in [-0.2, 0) is 51.5 Å². The van der Waals surface area contributed by atoms with Crippen LogP contribution in [0.1, 0.15) is 70.8 Å². The predicted octanol–water partition coefficient (Wildman–Crippen LogP) is 5.36. The van der Waals surface area contributed by atoms with Crippen molar-refractivity contribution in [2.45, 2.75) is 79.3 Å². The number of halogens is 3. The van der Waals surface area contributed by atoms with Gasteiger partial charge in [0, 0.05) is 16.7 Å². The monoisotopic (exact) mass is 1170 g/mol. The van der Waals surface area contributed by atoms with Gasteiger partial charge in [-0.05, 0) is 132 Å². The first-order chi connectivity index (χ1) is 34.1. The van der Waals surface area contributed by atoms with Crippen LogP contribution in [0.2, 0.25) is 0 Å². The van der Waals surface area contributed by atoms with Crippen LogP contribution in [0.3, 0.4) is 0 Å². The van der Waals surface area contributed by atoms with E-state index >= 15 is 0 Å². The summed E-state index contributed by atoms with van der Waals surface area (Å²) in [6.07, 6.45) is 0. The van der Waals surface area contributed by atoms with Gasteiger partial charge in [-0.25, -0.2) is 13.2 Å². The predicted molar refractivity (Wildman–Crippen MR) is 263 cm³/mol. The smallest absolute Gasteiger partial charge is 0.545 e. The Labute approximate surface area is 434 Å². The Hall–Kier alpha value is -8.02. The maximum Gasteiger partial charge on any atom is 3.00 e. The molecule has 3 aliphatic heterocycles. The van der Waals surface area contributed by atoms with E-state index in [1.807, 2.05) is 96.1 Å². The van der Waals surface area contributed by atoms with Gasteiger partial charge in [0.15, 0.2) is 17.0 Å². The van der Waals surface area contributed by atoms with Crippen molar-refractivity contribution in [2.75, 3.05) is 14.7 Å². The van der Waals surface area contributed by atoms with Crippen LogP contribution in [-0.4, -0.2) is 35.4 Å². The SMILES string of the molecule is CC1=NNC(C(=O)[O-])(c2ccc(F)cc2)N1c1c(C)cccc1C.CC1=NNC(C(=O)[O-])(c2ccc(F)cc2)N1c1c(C)cccc1C.CC1=NNC(C(=O)[O-])(c2ccc(F)cc2)N1c1c(C)cccc1C.[Ir+3].